The molecular weight excluding hydrogens is 276 g/mol. The minimum atomic E-state index is 0.533. The monoisotopic (exact) mass is 296 g/mol. The Morgan fingerprint density at radius 1 is 1.40 bits per heavy atom. The molecule has 110 valence electrons. The summed E-state index contributed by atoms with van der Waals surface area (Å²) in [5.74, 6) is 1.56. The zero-order valence-corrected chi connectivity index (χ0v) is 12.7. The molecule has 0 saturated carbocycles. The first-order chi connectivity index (χ1) is 9.61. The fraction of sp³-hybridized carbons (Fsp3) is 0.571. The predicted octanol–water partition coefficient (Wildman–Crippen LogP) is 2.26. The summed E-state index contributed by atoms with van der Waals surface area (Å²) in [6, 6.07) is 1.85. The van der Waals surface area contributed by atoms with Gasteiger partial charge >= 0.3 is 0 Å². The van der Waals surface area contributed by atoms with Crippen molar-refractivity contribution in [2.24, 2.45) is 11.7 Å². The van der Waals surface area contributed by atoms with E-state index in [4.69, 9.17) is 22.1 Å². The van der Waals surface area contributed by atoms with Crippen LogP contribution in [0.2, 0.25) is 5.02 Å². The van der Waals surface area contributed by atoms with E-state index in [9.17, 15) is 0 Å². The van der Waals surface area contributed by atoms with E-state index in [0.717, 1.165) is 30.0 Å². The van der Waals surface area contributed by atoms with Gasteiger partial charge in [0.15, 0.2) is 5.65 Å². The summed E-state index contributed by atoms with van der Waals surface area (Å²) in [5.41, 5.74) is 7.12. The molecular formula is C14H21ClN4O. The highest BCUT2D eigenvalue weighted by Gasteiger charge is 2.13. The molecule has 0 saturated heterocycles. The second-order valence-corrected chi connectivity index (χ2v) is 5.61. The normalized spacial score (nSPS) is 11.7. The third-order valence-corrected chi connectivity index (χ3v) is 3.15. The highest BCUT2D eigenvalue weighted by Crippen LogP contribution is 2.19. The summed E-state index contributed by atoms with van der Waals surface area (Å²) in [6.45, 7) is 6.80. The number of fused-ring (bicyclic) bond motifs is 1. The lowest BCUT2D eigenvalue weighted by Gasteiger charge is -2.10. The van der Waals surface area contributed by atoms with Crippen molar-refractivity contribution in [2.75, 3.05) is 19.8 Å². The minimum Gasteiger partial charge on any atom is -0.378 e. The van der Waals surface area contributed by atoms with Gasteiger partial charge in [-0.1, -0.05) is 25.4 Å². The Morgan fingerprint density at radius 2 is 2.20 bits per heavy atom. The molecule has 2 rings (SSSR count). The van der Waals surface area contributed by atoms with Gasteiger partial charge in [0.1, 0.15) is 11.3 Å². The number of rotatable bonds is 7. The van der Waals surface area contributed by atoms with Crippen LogP contribution < -0.4 is 5.73 Å². The van der Waals surface area contributed by atoms with Gasteiger partial charge in [-0.15, -0.1) is 0 Å². The van der Waals surface area contributed by atoms with Crippen molar-refractivity contribution < 1.29 is 4.74 Å². The molecule has 2 aromatic rings. The first-order valence-corrected chi connectivity index (χ1v) is 7.28. The molecule has 0 unspecified atom stereocenters. The van der Waals surface area contributed by atoms with Crippen LogP contribution in [0.5, 0.6) is 0 Å². The van der Waals surface area contributed by atoms with Crippen LogP contribution >= 0.6 is 11.6 Å². The summed E-state index contributed by atoms with van der Waals surface area (Å²) in [4.78, 5) is 9.04. The second-order valence-electron chi connectivity index (χ2n) is 5.17. The molecule has 2 aromatic heterocycles. The standard InChI is InChI=1S/C14H21ClN4O/c1-10(2)7-13-18-12-8-11(15)9-17-14(12)19(13)4-6-20-5-3-16/h8-10H,3-7,16H2,1-2H3. The van der Waals surface area contributed by atoms with Crippen molar-refractivity contribution in [1.82, 2.24) is 14.5 Å². The van der Waals surface area contributed by atoms with Crippen LogP contribution in [-0.2, 0) is 17.7 Å². The van der Waals surface area contributed by atoms with Crippen molar-refractivity contribution >= 4 is 22.8 Å². The Morgan fingerprint density at radius 3 is 2.90 bits per heavy atom. The molecule has 0 fully saturated rings. The Balaban J connectivity index is 2.26. The zero-order chi connectivity index (χ0) is 14.5. The zero-order valence-electron chi connectivity index (χ0n) is 12.0. The lowest BCUT2D eigenvalue weighted by Crippen LogP contribution is -2.15. The maximum Gasteiger partial charge on any atom is 0.160 e. The lowest BCUT2D eigenvalue weighted by molar-refractivity contribution is 0.133. The van der Waals surface area contributed by atoms with Crippen LogP contribution in [0.15, 0.2) is 12.3 Å². The number of hydrogen-bond acceptors (Lipinski definition) is 4. The molecule has 0 atom stereocenters. The van der Waals surface area contributed by atoms with Crippen LogP contribution in [0, 0.1) is 5.92 Å². The molecule has 0 spiro atoms. The van der Waals surface area contributed by atoms with Gasteiger partial charge in [-0.05, 0) is 12.0 Å². The molecule has 2 heterocycles. The maximum atomic E-state index is 5.98. The van der Waals surface area contributed by atoms with E-state index >= 15 is 0 Å². The van der Waals surface area contributed by atoms with E-state index in [1.165, 1.54) is 0 Å². The number of aromatic nitrogens is 3. The van der Waals surface area contributed by atoms with Crippen molar-refractivity contribution in [3.05, 3.63) is 23.1 Å². The minimum absolute atomic E-state index is 0.533. The molecule has 0 radical (unpaired) electrons. The Labute approximate surface area is 124 Å². The van der Waals surface area contributed by atoms with Crippen molar-refractivity contribution in [2.45, 2.75) is 26.8 Å². The lowest BCUT2D eigenvalue weighted by atomic mass is 10.1. The molecule has 0 bridgehead atoms. The van der Waals surface area contributed by atoms with Crippen molar-refractivity contribution in [3.63, 3.8) is 0 Å². The van der Waals surface area contributed by atoms with Crippen molar-refractivity contribution in [3.8, 4) is 0 Å². The molecule has 2 N–H and O–H groups in total. The first kappa shape index (κ1) is 15.2. The largest absolute Gasteiger partial charge is 0.378 e. The molecule has 6 heteroatoms. The molecule has 0 amide bonds. The molecule has 20 heavy (non-hydrogen) atoms. The number of halogens is 1. The summed E-state index contributed by atoms with van der Waals surface area (Å²) >= 11 is 5.98. The van der Waals surface area contributed by atoms with Gasteiger partial charge in [0.25, 0.3) is 0 Å². The van der Waals surface area contributed by atoms with E-state index in [-0.39, 0.29) is 0 Å². The Hall–Kier alpha value is -1.17. The van der Waals surface area contributed by atoms with E-state index in [1.54, 1.807) is 6.20 Å². The third kappa shape index (κ3) is 3.69. The fourth-order valence-electron chi connectivity index (χ4n) is 2.13. The van der Waals surface area contributed by atoms with Gasteiger partial charge in [0, 0.05) is 25.7 Å². The number of nitrogens with zero attached hydrogens (tertiary/aromatic N) is 3. The summed E-state index contributed by atoms with van der Waals surface area (Å²) in [7, 11) is 0. The Kier molecular flexibility index (Phi) is 5.34. The number of hydrogen-bond donors (Lipinski definition) is 1. The second kappa shape index (κ2) is 7.02. The van der Waals surface area contributed by atoms with Gasteiger partial charge in [0.2, 0.25) is 0 Å². The predicted molar refractivity (Wildman–Crippen MR) is 81.0 cm³/mol. The van der Waals surface area contributed by atoms with E-state index in [0.29, 0.717) is 30.7 Å². The molecule has 0 aliphatic carbocycles. The fourth-order valence-corrected chi connectivity index (χ4v) is 2.28. The Bertz CT molecular complexity index is 568. The van der Waals surface area contributed by atoms with E-state index in [1.807, 2.05) is 6.07 Å². The maximum absolute atomic E-state index is 5.98. The number of imidazole rings is 1. The highest BCUT2D eigenvalue weighted by atomic mass is 35.5. The van der Waals surface area contributed by atoms with Crippen LogP contribution in [0.1, 0.15) is 19.7 Å². The number of nitrogens with two attached hydrogens (primary N) is 1. The van der Waals surface area contributed by atoms with Gasteiger partial charge < -0.3 is 15.0 Å². The van der Waals surface area contributed by atoms with Crippen LogP contribution in [0.4, 0.5) is 0 Å². The van der Waals surface area contributed by atoms with E-state index < -0.39 is 0 Å². The smallest absolute Gasteiger partial charge is 0.160 e. The molecule has 0 aliphatic heterocycles. The van der Waals surface area contributed by atoms with Gasteiger partial charge in [0.05, 0.1) is 18.2 Å². The number of ether oxygens (including phenoxy) is 1. The van der Waals surface area contributed by atoms with Gasteiger partial charge in [-0.3, -0.25) is 0 Å². The van der Waals surface area contributed by atoms with Gasteiger partial charge in [-0.25, -0.2) is 9.97 Å². The molecule has 0 aliphatic rings. The summed E-state index contributed by atoms with van der Waals surface area (Å²) in [6.07, 6.45) is 2.56. The third-order valence-electron chi connectivity index (χ3n) is 2.94. The molecule has 0 aromatic carbocycles. The SMILES string of the molecule is CC(C)Cc1nc2cc(Cl)cnc2n1CCOCCN. The average molecular weight is 297 g/mol. The van der Waals surface area contributed by atoms with Crippen LogP contribution in [-0.4, -0.2) is 34.3 Å². The topological polar surface area (TPSA) is 66.0 Å². The molecule has 5 nitrogen and oxygen atoms in total. The van der Waals surface area contributed by atoms with Crippen molar-refractivity contribution in [1.29, 1.82) is 0 Å². The highest BCUT2D eigenvalue weighted by molar-refractivity contribution is 6.31. The summed E-state index contributed by atoms with van der Waals surface area (Å²) in [5, 5.41) is 0.609. The quantitative estimate of drug-likeness (QED) is 0.796. The number of pyridine rings is 1. The van der Waals surface area contributed by atoms with Crippen LogP contribution in [0.3, 0.4) is 0 Å². The van der Waals surface area contributed by atoms with Gasteiger partial charge in [-0.2, -0.15) is 0 Å². The van der Waals surface area contributed by atoms with Crippen LogP contribution in [0.25, 0.3) is 11.2 Å². The summed E-state index contributed by atoms with van der Waals surface area (Å²) < 4.78 is 7.57. The van der Waals surface area contributed by atoms with E-state index in [2.05, 4.69) is 28.4 Å². The first-order valence-electron chi connectivity index (χ1n) is 6.90. The average Bonchev–Trinajstić information content (AvgIpc) is 2.70.